The van der Waals surface area contributed by atoms with E-state index in [4.69, 9.17) is 9.72 Å². The van der Waals surface area contributed by atoms with Gasteiger partial charge in [0.05, 0.1) is 22.7 Å². The standard InChI is InChI=1S/C33H34N2O6/c1-5-6-11-28-26(18-21-12-14-22(15-13-21)24-9-7-8-10-25(24)31(36)37)30(32(38)39)27-19-23(16-17-29(27)34-28)35(4)33(40)41-20(2)3/h7-10,12-17,19-20H,5-6,11,18H2,1-4H3,(H,36,37)(H,38,39). The van der Waals surface area contributed by atoms with Crippen molar-refractivity contribution < 1.29 is 29.3 Å². The number of carboxylic acid groups (broad SMARTS) is 2. The minimum Gasteiger partial charge on any atom is -0.478 e. The number of rotatable bonds is 10. The van der Waals surface area contributed by atoms with E-state index in [0.29, 0.717) is 40.6 Å². The van der Waals surface area contributed by atoms with Gasteiger partial charge in [-0.3, -0.25) is 9.88 Å². The molecule has 0 atom stereocenters. The molecule has 0 saturated heterocycles. The van der Waals surface area contributed by atoms with Crippen LogP contribution in [0.3, 0.4) is 0 Å². The Hall–Kier alpha value is -4.72. The van der Waals surface area contributed by atoms with Gasteiger partial charge < -0.3 is 14.9 Å². The lowest BCUT2D eigenvalue weighted by molar-refractivity contribution is 0.0687. The molecule has 0 unspecified atom stereocenters. The fourth-order valence-electron chi connectivity index (χ4n) is 4.85. The van der Waals surface area contributed by atoms with E-state index in [9.17, 15) is 24.6 Å². The molecule has 0 aliphatic carbocycles. The Morgan fingerprint density at radius 2 is 1.66 bits per heavy atom. The molecule has 41 heavy (non-hydrogen) atoms. The number of hydrogen-bond acceptors (Lipinski definition) is 5. The number of pyridine rings is 1. The molecule has 0 bridgehead atoms. The number of anilines is 1. The number of fused-ring (bicyclic) bond motifs is 1. The lowest BCUT2D eigenvalue weighted by atomic mass is 9.91. The smallest absolute Gasteiger partial charge is 0.414 e. The molecular formula is C33H34N2O6. The maximum absolute atomic E-state index is 12.8. The molecule has 1 aromatic heterocycles. The zero-order chi connectivity index (χ0) is 29.7. The Morgan fingerprint density at radius 3 is 2.29 bits per heavy atom. The first kappa shape index (κ1) is 29.3. The van der Waals surface area contributed by atoms with Gasteiger partial charge in [0.15, 0.2) is 0 Å². The number of aromatic nitrogens is 1. The zero-order valence-corrected chi connectivity index (χ0v) is 23.7. The monoisotopic (exact) mass is 554 g/mol. The normalized spacial score (nSPS) is 11.0. The van der Waals surface area contributed by atoms with Crippen molar-refractivity contribution in [3.05, 3.63) is 94.7 Å². The number of carbonyl (C=O) groups is 3. The molecule has 0 aliphatic heterocycles. The second kappa shape index (κ2) is 12.6. The lowest BCUT2D eigenvalue weighted by Gasteiger charge is -2.20. The molecule has 2 N–H and O–H groups in total. The summed E-state index contributed by atoms with van der Waals surface area (Å²) in [6.45, 7) is 5.60. The fraction of sp³-hybridized carbons (Fsp3) is 0.273. The summed E-state index contributed by atoms with van der Waals surface area (Å²) in [5.74, 6) is -2.07. The van der Waals surface area contributed by atoms with Crippen LogP contribution in [0, 0.1) is 0 Å². The number of hydrogen-bond donors (Lipinski definition) is 2. The predicted octanol–water partition coefficient (Wildman–Crippen LogP) is 7.21. The minimum atomic E-state index is -1.07. The highest BCUT2D eigenvalue weighted by atomic mass is 16.6. The summed E-state index contributed by atoms with van der Waals surface area (Å²) >= 11 is 0. The van der Waals surface area contributed by atoms with Gasteiger partial charge in [-0.25, -0.2) is 14.4 Å². The van der Waals surface area contributed by atoms with Crippen LogP contribution in [0.25, 0.3) is 22.0 Å². The topological polar surface area (TPSA) is 117 Å². The SMILES string of the molecule is CCCCc1nc2ccc(N(C)C(=O)OC(C)C)cc2c(C(=O)O)c1Cc1ccc(-c2ccccc2C(=O)O)cc1. The highest BCUT2D eigenvalue weighted by Gasteiger charge is 2.23. The zero-order valence-electron chi connectivity index (χ0n) is 23.7. The Kier molecular flexibility index (Phi) is 9.02. The van der Waals surface area contributed by atoms with E-state index in [2.05, 4.69) is 6.92 Å². The maximum atomic E-state index is 12.8. The van der Waals surface area contributed by atoms with Crippen LogP contribution in [-0.4, -0.2) is 46.4 Å². The molecule has 1 amide bonds. The van der Waals surface area contributed by atoms with Crippen LogP contribution in [0.2, 0.25) is 0 Å². The van der Waals surface area contributed by atoms with Crippen LogP contribution < -0.4 is 4.90 Å². The number of ether oxygens (including phenoxy) is 1. The molecule has 0 radical (unpaired) electrons. The summed E-state index contributed by atoms with van der Waals surface area (Å²) in [6, 6.07) is 19.5. The van der Waals surface area contributed by atoms with Gasteiger partial charge in [0.25, 0.3) is 0 Å². The second-order valence-electron chi connectivity index (χ2n) is 10.2. The van der Waals surface area contributed by atoms with Crippen molar-refractivity contribution in [3.8, 4) is 11.1 Å². The molecular weight excluding hydrogens is 520 g/mol. The van der Waals surface area contributed by atoms with E-state index >= 15 is 0 Å². The molecule has 212 valence electrons. The van der Waals surface area contributed by atoms with Gasteiger partial charge in [-0.1, -0.05) is 55.8 Å². The van der Waals surface area contributed by atoms with E-state index in [-0.39, 0.29) is 17.2 Å². The summed E-state index contributed by atoms with van der Waals surface area (Å²) < 4.78 is 5.31. The maximum Gasteiger partial charge on any atom is 0.414 e. The van der Waals surface area contributed by atoms with E-state index in [1.54, 1.807) is 63.4 Å². The van der Waals surface area contributed by atoms with Gasteiger partial charge in [0, 0.05) is 30.2 Å². The number of aryl methyl sites for hydroxylation is 1. The third kappa shape index (κ3) is 6.54. The van der Waals surface area contributed by atoms with Crippen molar-refractivity contribution in [2.45, 2.75) is 52.6 Å². The molecule has 0 saturated carbocycles. The van der Waals surface area contributed by atoms with Gasteiger partial charge in [-0.15, -0.1) is 0 Å². The lowest BCUT2D eigenvalue weighted by Crippen LogP contribution is -2.29. The molecule has 4 rings (SSSR count). The third-order valence-corrected chi connectivity index (χ3v) is 6.94. The average molecular weight is 555 g/mol. The summed E-state index contributed by atoms with van der Waals surface area (Å²) in [5.41, 5.74) is 5.03. The number of carbonyl (C=O) groups excluding carboxylic acids is 1. The van der Waals surface area contributed by atoms with Gasteiger partial charge >= 0.3 is 18.0 Å². The molecule has 3 aromatic carbocycles. The van der Waals surface area contributed by atoms with Crippen molar-refractivity contribution in [2.75, 3.05) is 11.9 Å². The number of unbranched alkanes of at least 4 members (excludes halogenated alkanes) is 1. The highest BCUT2D eigenvalue weighted by molar-refractivity contribution is 6.06. The Bertz CT molecular complexity index is 1590. The van der Waals surface area contributed by atoms with Gasteiger partial charge in [-0.2, -0.15) is 0 Å². The van der Waals surface area contributed by atoms with Crippen molar-refractivity contribution in [2.24, 2.45) is 0 Å². The summed E-state index contributed by atoms with van der Waals surface area (Å²) in [5, 5.41) is 20.5. The third-order valence-electron chi connectivity index (χ3n) is 6.94. The fourth-order valence-corrected chi connectivity index (χ4v) is 4.85. The second-order valence-corrected chi connectivity index (χ2v) is 10.2. The number of amides is 1. The van der Waals surface area contributed by atoms with E-state index in [0.717, 1.165) is 29.7 Å². The number of benzene rings is 3. The minimum absolute atomic E-state index is 0.161. The van der Waals surface area contributed by atoms with E-state index < -0.39 is 18.0 Å². The Morgan fingerprint density at radius 1 is 0.951 bits per heavy atom. The first-order chi connectivity index (χ1) is 19.6. The van der Waals surface area contributed by atoms with Gasteiger partial charge in [0.2, 0.25) is 0 Å². The molecule has 8 heteroatoms. The van der Waals surface area contributed by atoms with Crippen LogP contribution in [-0.2, 0) is 17.6 Å². The van der Waals surface area contributed by atoms with Crippen LogP contribution in [0.4, 0.5) is 10.5 Å². The first-order valence-corrected chi connectivity index (χ1v) is 13.7. The van der Waals surface area contributed by atoms with E-state index in [1.807, 2.05) is 24.3 Å². The van der Waals surface area contributed by atoms with Crippen molar-refractivity contribution in [1.82, 2.24) is 4.98 Å². The summed E-state index contributed by atoms with van der Waals surface area (Å²) in [4.78, 5) is 43.2. The Labute approximate surface area is 239 Å². The number of nitrogens with zero attached hydrogens (tertiary/aromatic N) is 2. The number of carboxylic acids is 2. The van der Waals surface area contributed by atoms with Crippen molar-refractivity contribution in [1.29, 1.82) is 0 Å². The van der Waals surface area contributed by atoms with Crippen LogP contribution >= 0.6 is 0 Å². The molecule has 8 nitrogen and oxygen atoms in total. The van der Waals surface area contributed by atoms with E-state index in [1.165, 1.54) is 4.90 Å². The van der Waals surface area contributed by atoms with Crippen molar-refractivity contribution >= 4 is 34.6 Å². The number of aromatic carboxylic acids is 2. The highest BCUT2D eigenvalue weighted by Crippen LogP contribution is 2.31. The first-order valence-electron chi connectivity index (χ1n) is 13.7. The molecule has 0 aliphatic rings. The molecule has 0 spiro atoms. The molecule has 1 heterocycles. The largest absolute Gasteiger partial charge is 0.478 e. The Balaban J connectivity index is 1.79. The van der Waals surface area contributed by atoms with Crippen LogP contribution in [0.5, 0.6) is 0 Å². The molecule has 0 fully saturated rings. The van der Waals surface area contributed by atoms with Gasteiger partial charge in [0.1, 0.15) is 0 Å². The summed E-state index contributed by atoms with van der Waals surface area (Å²) in [6.07, 6.45) is 1.93. The summed E-state index contributed by atoms with van der Waals surface area (Å²) in [7, 11) is 1.58. The van der Waals surface area contributed by atoms with Crippen LogP contribution in [0.1, 0.15) is 71.1 Å². The van der Waals surface area contributed by atoms with Crippen molar-refractivity contribution in [3.63, 3.8) is 0 Å². The van der Waals surface area contributed by atoms with Gasteiger partial charge in [-0.05, 0) is 73.2 Å². The average Bonchev–Trinajstić information content (AvgIpc) is 2.95. The quantitative estimate of drug-likeness (QED) is 0.213. The predicted molar refractivity (Wildman–Crippen MR) is 159 cm³/mol. The van der Waals surface area contributed by atoms with Crippen LogP contribution in [0.15, 0.2) is 66.7 Å². The molecule has 4 aromatic rings.